The number of ether oxygens (including phenoxy) is 1. The van der Waals surface area contributed by atoms with E-state index in [0.717, 1.165) is 39.2 Å². The van der Waals surface area contributed by atoms with Crippen LogP contribution >= 0.6 is 0 Å². The third kappa shape index (κ3) is 5.04. The van der Waals surface area contributed by atoms with Crippen molar-refractivity contribution in [3.63, 3.8) is 0 Å². The van der Waals surface area contributed by atoms with Gasteiger partial charge in [-0.25, -0.2) is 9.07 Å². The minimum atomic E-state index is -0.927. The highest BCUT2D eigenvalue weighted by Crippen LogP contribution is 2.35. The number of carboxylic acid groups (broad SMARTS) is 1. The fraction of sp³-hybridized carbons (Fsp3) is 0.357. The summed E-state index contributed by atoms with van der Waals surface area (Å²) in [6, 6.07) is 12.5. The van der Waals surface area contributed by atoms with Crippen LogP contribution in [0.5, 0.6) is 5.75 Å². The first-order valence-corrected chi connectivity index (χ1v) is 12.3. The number of nitrogens with zero attached hydrogens (tertiary/aromatic N) is 5. The Morgan fingerprint density at radius 2 is 2.05 bits per heavy atom. The first-order chi connectivity index (χ1) is 17.6. The Morgan fingerprint density at radius 1 is 1.24 bits per heavy atom. The molecule has 3 heterocycles. The molecule has 1 atom stereocenters. The Bertz CT molecular complexity index is 1480. The maximum absolute atomic E-state index is 15.1. The molecule has 1 aliphatic heterocycles. The summed E-state index contributed by atoms with van der Waals surface area (Å²) < 4.78 is 23.0. The second kappa shape index (κ2) is 9.55. The number of hydrogen-bond donors (Lipinski definition) is 1. The number of carbonyl (C=O) groups is 1. The lowest BCUT2D eigenvalue weighted by molar-refractivity contribution is -0.137. The topological polar surface area (TPSA) is 93.4 Å². The molecular weight excluding hydrogens is 473 g/mol. The lowest BCUT2D eigenvalue weighted by Gasteiger charge is -2.29. The number of halogens is 1. The number of aryl methyl sites for hydroxylation is 2. The largest absolute Gasteiger partial charge is 0.485 e. The average Bonchev–Trinajstić information content (AvgIpc) is 3.15. The van der Waals surface area contributed by atoms with Gasteiger partial charge < -0.3 is 9.84 Å². The highest BCUT2D eigenvalue weighted by Gasteiger charge is 2.30. The smallest absolute Gasteiger partial charge is 0.304 e. The van der Waals surface area contributed by atoms with E-state index in [0.29, 0.717) is 25.2 Å². The van der Waals surface area contributed by atoms with Crippen LogP contribution in [0.1, 0.15) is 54.1 Å². The van der Waals surface area contributed by atoms with Crippen LogP contribution in [0.4, 0.5) is 4.39 Å². The van der Waals surface area contributed by atoms with Gasteiger partial charge in [0, 0.05) is 44.4 Å². The minimum Gasteiger partial charge on any atom is -0.485 e. The molecule has 0 fully saturated rings. The van der Waals surface area contributed by atoms with Crippen LogP contribution in [0.15, 0.2) is 48.7 Å². The lowest BCUT2D eigenvalue weighted by Crippen LogP contribution is -2.40. The van der Waals surface area contributed by atoms with Gasteiger partial charge in [0.05, 0.1) is 17.6 Å². The van der Waals surface area contributed by atoms with Crippen LogP contribution in [0, 0.1) is 12.7 Å². The maximum atomic E-state index is 15.1. The molecule has 8 nitrogen and oxygen atoms in total. The minimum absolute atomic E-state index is 0.125. The van der Waals surface area contributed by atoms with E-state index in [2.05, 4.69) is 20.2 Å². The highest BCUT2D eigenvalue weighted by atomic mass is 19.1. The molecular formula is C28H30FN5O3. The fourth-order valence-corrected chi connectivity index (χ4v) is 5.26. The predicted octanol–water partition coefficient (Wildman–Crippen LogP) is 4.59. The molecule has 2 aromatic heterocycles. The molecule has 9 heteroatoms. The SMILES string of the molecule is Cc1c(C(CC(=O)O)c2ccc(F)c(CN3Cc4ncccc4OC(C)(C)C3)c2)ccc2c1nnn2C. The summed E-state index contributed by atoms with van der Waals surface area (Å²) in [5, 5.41) is 18.1. The van der Waals surface area contributed by atoms with E-state index in [1.807, 2.05) is 52.1 Å². The molecule has 0 saturated heterocycles. The van der Waals surface area contributed by atoms with Crippen molar-refractivity contribution in [1.29, 1.82) is 0 Å². The fourth-order valence-electron chi connectivity index (χ4n) is 5.26. The van der Waals surface area contributed by atoms with Crippen LogP contribution in [-0.4, -0.2) is 48.1 Å². The molecule has 2 aromatic carbocycles. The average molecular weight is 504 g/mol. The van der Waals surface area contributed by atoms with Crippen molar-refractivity contribution in [2.75, 3.05) is 6.54 Å². The van der Waals surface area contributed by atoms with Crippen LogP contribution in [-0.2, 0) is 24.9 Å². The number of pyridine rings is 1. The monoisotopic (exact) mass is 503 g/mol. The summed E-state index contributed by atoms with van der Waals surface area (Å²) in [7, 11) is 1.82. The first-order valence-electron chi connectivity index (χ1n) is 12.3. The number of carboxylic acids is 1. The number of fused-ring (bicyclic) bond motifs is 2. The third-order valence-corrected chi connectivity index (χ3v) is 6.91. The summed E-state index contributed by atoms with van der Waals surface area (Å²) >= 11 is 0. The molecule has 192 valence electrons. The molecule has 1 N–H and O–H groups in total. The molecule has 0 bridgehead atoms. The van der Waals surface area contributed by atoms with E-state index in [1.165, 1.54) is 6.07 Å². The molecule has 0 spiro atoms. The second-order valence-corrected chi connectivity index (χ2v) is 10.3. The Morgan fingerprint density at radius 3 is 2.84 bits per heavy atom. The van der Waals surface area contributed by atoms with Gasteiger partial charge >= 0.3 is 5.97 Å². The van der Waals surface area contributed by atoms with Gasteiger partial charge in [-0.05, 0) is 61.7 Å². The van der Waals surface area contributed by atoms with Crippen LogP contribution in [0.2, 0.25) is 0 Å². The number of rotatable bonds is 6. The summed E-state index contributed by atoms with van der Waals surface area (Å²) in [4.78, 5) is 18.5. The lowest BCUT2D eigenvalue weighted by atomic mass is 9.85. The van der Waals surface area contributed by atoms with Crippen LogP contribution in [0.3, 0.4) is 0 Å². The second-order valence-electron chi connectivity index (χ2n) is 10.3. The first kappa shape index (κ1) is 24.8. The summed E-state index contributed by atoms with van der Waals surface area (Å²) in [5.74, 6) is -0.984. The van der Waals surface area contributed by atoms with Gasteiger partial charge in [-0.3, -0.25) is 14.7 Å². The number of hydrogen-bond acceptors (Lipinski definition) is 6. The summed E-state index contributed by atoms with van der Waals surface area (Å²) in [6.07, 6.45) is 1.60. The Balaban J connectivity index is 1.51. The van der Waals surface area contributed by atoms with Crippen molar-refractivity contribution in [1.82, 2.24) is 24.9 Å². The molecule has 5 rings (SSSR count). The van der Waals surface area contributed by atoms with Crippen molar-refractivity contribution in [3.8, 4) is 5.75 Å². The van der Waals surface area contributed by atoms with Crippen molar-refractivity contribution in [3.05, 3.63) is 82.4 Å². The van der Waals surface area contributed by atoms with Crippen molar-refractivity contribution >= 4 is 17.0 Å². The quantitative estimate of drug-likeness (QED) is 0.411. The van der Waals surface area contributed by atoms with Gasteiger partial charge in [0.2, 0.25) is 0 Å². The van der Waals surface area contributed by atoms with Crippen LogP contribution in [0.25, 0.3) is 11.0 Å². The van der Waals surface area contributed by atoms with Gasteiger partial charge in [-0.2, -0.15) is 0 Å². The van der Waals surface area contributed by atoms with E-state index in [9.17, 15) is 9.90 Å². The number of aromatic nitrogens is 4. The number of aliphatic carboxylic acids is 1. The van der Waals surface area contributed by atoms with E-state index >= 15 is 4.39 Å². The summed E-state index contributed by atoms with van der Waals surface area (Å²) in [6.45, 7) is 7.37. The molecule has 0 radical (unpaired) electrons. The Labute approximate surface area is 214 Å². The van der Waals surface area contributed by atoms with E-state index in [1.54, 1.807) is 23.0 Å². The Hall–Kier alpha value is -3.85. The zero-order valence-corrected chi connectivity index (χ0v) is 21.4. The predicted molar refractivity (Wildman–Crippen MR) is 137 cm³/mol. The molecule has 1 aliphatic rings. The van der Waals surface area contributed by atoms with Gasteiger partial charge in [0.15, 0.2) is 0 Å². The molecule has 0 aliphatic carbocycles. The summed E-state index contributed by atoms with van der Waals surface area (Å²) in [5.41, 5.74) is 4.88. The zero-order chi connectivity index (χ0) is 26.3. The van der Waals surface area contributed by atoms with Gasteiger partial charge in [0.1, 0.15) is 22.7 Å². The molecule has 0 saturated carbocycles. The van der Waals surface area contributed by atoms with Gasteiger partial charge in [0.25, 0.3) is 0 Å². The molecule has 37 heavy (non-hydrogen) atoms. The van der Waals surface area contributed by atoms with E-state index in [4.69, 9.17) is 4.74 Å². The van der Waals surface area contributed by atoms with Crippen molar-refractivity contribution < 1.29 is 19.0 Å². The Kier molecular flexibility index (Phi) is 6.41. The van der Waals surface area contributed by atoms with Crippen molar-refractivity contribution in [2.24, 2.45) is 7.05 Å². The third-order valence-electron chi connectivity index (χ3n) is 6.91. The number of benzene rings is 2. The molecule has 4 aromatic rings. The maximum Gasteiger partial charge on any atom is 0.304 e. The zero-order valence-electron chi connectivity index (χ0n) is 21.4. The van der Waals surface area contributed by atoms with Gasteiger partial charge in [-0.1, -0.05) is 23.4 Å². The molecule has 1 unspecified atom stereocenters. The highest BCUT2D eigenvalue weighted by molar-refractivity contribution is 5.80. The normalized spacial score (nSPS) is 16.1. The molecule has 0 amide bonds. The van der Waals surface area contributed by atoms with E-state index in [-0.39, 0.29) is 12.2 Å². The van der Waals surface area contributed by atoms with E-state index < -0.39 is 17.5 Å². The standard InChI is InChI=1S/C28H30FN5O3/c1-17-20(8-10-24-27(17)31-32-33(24)4)21(13-26(35)36)18-7-9-22(29)19(12-18)14-34-15-23-25(6-5-11-30-23)37-28(2,3)16-34/h5-12,21H,13-16H2,1-4H3,(H,35,36). The van der Waals surface area contributed by atoms with Crippen LogP contribution < -0.4 is 4.74 Å². The van der Waals surface area contributed by atoms with Crippen molar-refractivity contribution in [2.45, 2.75) is 51.8 Å². The van der Waals surface area contributed by atoms with Gasteiger partial charge in [-0.15, -0.1) is 5.10 Å².